The summed E-state index contributed by atoms with van der Waals surface area (Å²) >= 11 is 0. The largest absolute Gasteiger partial charge is 0.426 e. The van der Waals surface area contributed by atoms with E-state index in [0.717, 1.165) is 0 Å². The smallest absolute Gasteiger partial charge is 0.313 e. The molecule has 51 heavy (non-hydrogen) atoms. The van der Waals surface area contributed by atoms with Crippen molar-refractivity contribution in [2.24, 2.45) is 17.8 Å². The lowest BCUT2D eigenvalue weighted by Gasteiger charge is -2.12. The molecule has 0 radical (unpaired) electrons. The van der Waals surface area contributed by atoms with Gasteiger partial charge in [0.25, 0.3) is 17.7 Å². The number of carbonyl (C=O) groups excluding carboxylic acids is 6. The van der Waals surface area contributed by atoms with Crippen molar-refractivity contribution >= 4 is 53.2 Å². The van der Waals surface area contributed by atoms with Crippen LogP contribution in [0.4, 0.5) is 17.6 Å². The molecule has 0 aliphatic heterocycles. The van der Waals surface area contributed by atoms with E-state index >= 15 is 0 Å². The summed E-state index contributed by atoms with van der Waals surface area (Å²) in [4.78, 5) is 83.6. The third-order valence-corrected chi connectivity index (χ3v) is 6.85. The number of nitrogens with one attached hydrogen (secondary N) is 3. The lowest BCUT2D eigenvalue weighted by molar-refractivity contribution is -0.138. The average molecular weight is 696 g/mol. The number of hydrogen-bond acceptors (Lipinski definition) is 11. The Labute approximate surface area is 293 Å². The van der Waals surface area contributed by atoms with Crippen LogP contribution in [0.25, 0.3) is 0 Å². The standard InChI is InChI=1S/C37H37N5O9/c1-20(2)34(46)49-26-13-7-23(8-14-26)31(43)38-29-19-30(39-32(44)24-9-15-27(16-10-24)50-35(47)21(3)4)41-37(40-29)42-33(45)25-11-17-28(18-12-25)51-36(48)22(5)6/h7-22H,1-6H3,(H3,38,39,40,41,42,43,44,45). The summed E-state index contributed by atoms with van der Waals surface area (Å²) in [5.41, 5.74) is 0.579. The molecule has 0 spiro atoms. The molecule has 0 aliphatic carbocycles. The van der Waals surface area contributed by atoms with E-state index in [1.807, 2.05) is 0 Å². The lowest BCUT2D eigenvalue weighted by Crippen LogP contribution is -2.20. The molecule has 0 unspecified atom stereocenters. The predicted molar refractivity (Wildman–Crippen MR) is 187 cm³/mol. The number of ether oxygens (including phenoxy) is 3. The van der Waals surface area contributed by atoms with Gasteiger partial charge in [-0.2, -0.15) is 9.97 Å². The van der Waals surface area contributed by atoms with Crippen LogP contribution in [-0.2, 0) is 14.4 Å². The first-order valence-corrected chi connectivity index (χ1v) is 16.0. The number of nitrogens with zero attached hydrogens (tertiary/aromatic N) is 2. The van der Waals surface area contributed by atoms with Crippen molar-refractivity contribution in [2.45, 2.75) is 41.5 Å². The molecular formula is C37H37N5O9. The van der Waals surface area contributed by atoms with E-state index in [1.54, 1.807) is 41.5 Å². The first-order chi connectivity index (χ1) is 24.2. The van der Waals surface area contributed by atoms with Crippen LogP contribution in [0.5, 0.6) is 17.2 Å². The molecule has 4 aromatic rings. The molecule has 14 heteroatoms. The van der Waals surface area contributed by atoms with Crippen molar-refractivity contribution in [3.8, 4) is 17.2 Å². The number of hydrogen-bond donors (Lipinski definition) is 3. The third kappa shape index (κ3) is 10.8. The van der Waals surface area contributed by atoms with Crippen LogP contribution in [0.1, 0.15) is 72.6 Å². The maximum Gasteiger partial charge on any atom is 0.313 e. The summed E-state index contributed by atoms with van der Waals surface area (Å²) in [7, 11) is 0. The Hall–Kier alpha value is -6.44. The molecule has 0 bridgehead atoms. The van der Waals surface area contributed by atoms with E-state index in [1.165, 1.54) is 78.9 Å². The average Bonchev–Trinajstić information content (AvgIpc) is 3.08. The van der Waals surface area contributed by atoms with Crippen molar-refractivity contribution < 1.29 is 43.0 Å². The van der Waals surface area contributed by atoms with Gasteiger partial charge in [0.15, 0.2) is 0 Å². The van der Waals surface area contributed by atoms with Crippen molar-refractivity contribution in [2.75, 3.05) is 16.0 Å². The summed E-state index contributed by atoms with van der Waals surface area (Å²) in [6, 6.07) is 18.8. The number of aromatic nitrogens is 2. The lowest BCUT2D eigenvalue weighted by atomic mass is 10.2. The maximum absolute atomic E-state index is 13.1. The van der Waals surface area contributed by atoms with Crippen LogP contribution in [0.15, 0.2) is 78.9 Å². The fourth-order valence-corrected chi connectivity index (χ4v) is 3.91. The summed E-state index contributed by atoms with van der Waals surface area (Å²) in [6.07, 6.45) is 0. The van der Waals surface area contributed by atoms with E-state index in [-0.39, 0.29) is 69.3 Å². The van der Waals surface area contributed by atoms with E-state index in [9.17, 15) is 28.8 Å². The summed E-state index contributed by atoms with van der Waals surface area (Å²) < 4.78 is 15.8. The SMILES string of the molecule is CC(C)C(=O)Oc1ccc(C(=O)Nc2cc(NC(=O)c3ccc(OC(=O)C(C)C)cc3)nc(NC(=O)c3ccc(OC(=O)C(C)C)cc3)n2)cc1. The fraction of sp³-hybridized carbons (Fsp3) is 0.243. The summed E-state index contributed by atoms with van der Waals surface area (Å²) in [5.74, 6) is -3.70. The van der Waals surface area contributed by atoms with Crippen molar-refractivity contribution in [3.05, 3.63) is 95.6 Å². The van der Waals surface area contributed by atoms with Crippen molar-refractivity contribution in [1.82, 2.24) is 9.97 Å². The fourth-order valence-electron chi connectivity index (χ4n) is 3.91. The molecule has 3 amide bonds. The number of benzene rings is 3. The Morgan fingerprint density at radius 2 is 0.725 bits per heavy atom. The quantitative estimate of drug-likeness (QED) is 0.118. The van der Waals surface area contributed by atoms with Gasteiger partial charge in [0.05, 0.1) is 17.8 Å². The number of anilines is 3. The van der Waals surface area contributed by atoms with Gasteiger partial charge in [0, 0.05) is 22.8 Å². The minimum absolute atomic E-state index is 0.0668. The molecule has 0 saturated heterocycles. The number of amides is 3. The van der Waals surface area contributed by atoms with Crippen molar-refractivity contribution in [1.29, 1.82) is 0 Å². The zero-order valence-corrected chi connectivity index (χ0v) is 28.8. The van der Waals surface area contributed by atoms with Gasteiger partial charge in [0.1, 0.15) is 28.9 Å². The van der Waals surface area contributed by atoms with Crippen LogP contribution >= 0.6 is 0 Å². The molecule has 0 aliphatic rings. The summed E-state index contributed by atoms with van der Waals surface area (Å²) in [5, 5.41) is 7.78. The van der Waals surface area contributed by atoms with Gasteiger partial charge in [-0.25, -0.2) is 0 Å². The van der Waals surface area contributed by atoms with Crippen LogP contribution in [0.3, 0.4) is 0 Å². The highest BCUT2D eigenvalue weighted by atomic mass is 16.5. The molecule has 0 atom stereocenters. The molecule has 3 N–H and O–H groups in total. The molecule has 4 rings (SSSR count). The number of rotatable bonds is 12. The van der Waals surface area contributed by atoms with Crippen LogP contribution in [0.2, 0.25) is 0 Å². The predicted octanol–water partition coefficient (Wildman–Crippen LogP) is 5.92. The van der Waals surface area contributed by atoms with E-state index in [2.05, 4.69) is 25.9 Å². The molecule has 264 valence electrons. The molecule has 0 fully saturated rings. The Balaban J connectivity index is 1.55. The van der Waals surface area contributed by atoms with Gasteiger partial charge in [0.2, 0.25) is 5.95 Å². The van der Waals surface area contributed by atoms with E-state index in [0.29, 0.717) is 0 Å². The topological polar surface area (TPSA) is 192 Å². The van der Waals surface area contributed by atoms with Gasteiger partial charge in [-0.05, 0) is 72.8 Å². The van der Waals surface area contributed by atoms with Crippen LogP contribution in [-0.4, -0.2) is 45.6 Å². The van der Waals surface area contributed by atoms with Gasteiger partial charge in [-0.15, -0.1) is 0 Å². The molecular weight excluding hydrogens is 658 g/mol. The molecule has 14 nitrogen and oxygen atoms in total. The van der Waals surface area contributed by atoms with Gasteiger partial charge < -0.3 is 24.8 Å². The molecule has 0 saturated carbocycles. The minimum atomic E-state index is -0.629. The highest BCUT2D eigenvalue weighted by Gasteiger charge is 2.17. The molecule has 1 heterocycles. The Bertz CT molecular complexity index is 1690. The second kappa shape index (κ2) is 16.8. The highest BCUT2D eigenvalue weighted by Crippen LogP contribution is 2.21. The molecule has 1 aromatic heterocycles. The first-order valence-electron chi connectivity index (χ1n) is 16.0. The van der Waals surface area contributed by atoms with E-state index < -0.39 is 35.6 Å². The normalized spacial score (nSPS) is 10.8. The van der Waals surface area contributed by atoms with Gasteiger partial charge in [-0.1, -0.05) is 41.5 Å². The van der Waals surface area contributed by atoms with Crippen molar-refractivity contribution in [3.63, 3.8) is 0 Å². The Kier molecular flexibility index (Phi) is 12.3. The monoisotopic (exact) mass is 695 g/mol. The Morgan fingerprint density at radius 3 is 1.00 bits per heavy atom. The first kappa shape index (κ1) is 37.4. The number of carbonyl (C=O) groups is 6. The van der Waals surface area contributed by atoms with Gasteiger partial charge in [-0.3, -0.25) is 34.1 Å². The van der Waals surface area contributed by atoms with E-state index in [4.69, 9.17) is 14.2 Å². The molecule has 3 aromatic carbocycles. The second-order valence-corrected chi connectivity index (χ2v) is 12.1. The van der Waals surface area contributed by atoms with Crippen LogP contribution < -0.4 is 30.2 Å². The maximum atomic E-state index is 13.1. The summed E-state index contributed by atoms with van der Waals surface area (Å²) in [6.45, 7) is 10.2. The zero-order chi connectivity index (χ0) is 37.2. The minimum Gasteiger partial charge on any atom is -0.426 e. The third-order valence-electron chi connectivity index (χ3n) is 6.85. The number of esters is 3. The Morgan fingerprint density at radius 1 is 0.451 bits per heavy atom. The van der Waals surface area contributed by atoms with Crippen LogP contribution in [0, 0.1) is 17.8 Å². The highest BCUT2D eigenvalue weighted by molar-refractivity contribution is 6.07. The van der Waals surface area contributed by atoms with Gasteiger partial charge >= 0.3 is 17.9 Å². The zero-order valence-electron chi connectivity index (χ0n) is 28.8. The second-order valence-electron chi connectivity index (χ2n) is 12.1.